The third-order valence-corrected chi connectivity index (χ3v) is 4.80. The van der Waals surface area contributed by atoms with Crippen molar-refractivity contribution < 1.29 is 18.7 Å². The fourth-order valence-electron chi connectivity index (χ4n) is 2.98. The lowest BCUT2D eigenvalue weighted by Crippen LogP contribution is -2.42. The van der Waals surface area contributed by atoms with Gasteiger partial charge in [0, 0.05) is 17.8 Å². The van der Waals surface area contributed by atoms with E-state index in [0.29, 0.717) is 34.2 Å². The molecule has 0 saturated carbocycles. The van der Waals surface area contributed by atoms with Crippen LogP contribution in [0, 0.1) is 11.3 Å². The van der Waals surface area contributed by atoms with Crippen LogP contribution in [0.1, 0.15) is 43.6 Å². The Morgan fingerprint density at radius 1 is 1.27 bits per heavy atom. The van der Waals surface area contributed by atoms with Crippen LogP contribution in [0.25, 0.3) is 22.9 Å². The van der Waals surface area contributed by atoms with Gasteiger partial charge >= 0.3 is 0 Å². The van der Waals surface area contributed by atoms with Gasteiger partial charge in [-0.2, -0.15) is 5.26 Å². The minimum Gasteiger partial charge on any atom is -0.434 e. The molecule has 172 valence electrons. The largest absolute Gasteiger partial charge is 0.434 e. The summed E-state index contributed by atoms with van der Waals surface area (Å²) in [5, 5.41) is 24.5. The molecule has 1 atom stereocenters. The molecule has 0 bridgehead atoms. The van der Waals surface area contributed by atoms with Gasteiger partial charge in [-0.15, -0.1) is 0 Å². The quantitative estimate of drug-likeness (QED) is 0.474. The first-order chi connectivity index (χ1) is 15.6. The highest BCUT2D eigenvalue weighted by molar-refractivity contribution is 5.99. The zero-order chi connectivity index (χ0) is 24.2. The van der Waals surface area contributed by atoms with E-state index in [9.17, 15) is 14.3 Å². The molecule has 1 aromatic carbocycles. The Morgan fingerprint density at radius 3 is 2.70 bits per heavy atom. The lowest BCUT2D eigenvalue weighted by Gasteiger charge is -2.22. The summed E-state index contributed by atoms with van der Waals surface area (Å²) in [7, 11) is 0. The Morgan fingerprint density at radius 2 is 2.03 bits per heavy atom. The number of carbonyl (C=O) groups is 1. The van der Waals surface area contributed by atoms with Crippen molar-refractivity contribution in [3.63, 3.8) is 0 Å². The first-order valence-corrected chi connectivity index (χ1v) is 10.5. The second kappa shape index (κ2) is 9.79. The molecule has 3 aromatic rings. The number of aliphatic hydroxyl groups is 1. The number of nitrogens with zero attached hydrogens (tertiary/aromatic N) is 3. The lowest BCUT2D eigenvalue weighted by molar-refractivity contribution is -0.00177. The monoisotopic (exact) mass is 451 g/mol. The number of alkyl halides is 1. The van der Waals surface area contributed by atoms with Crippen LogP contribution >= 0.6 is 0 Å². The third-order valence-electron chi connectivity index (χ3n) is 4.80. The van der Waals surface area contributed by atoms with Crippen LogP contribution < -0.4 is 10.6 Å². The molecule has 2 heterocycles. The van der Waals surface area contributed by atoms with Crippen LogP contribution in [0.4, 0.5) is 10.1 Å². The zero-order valence-corrected chi connectivity index (χ0v) is 18.9. The van der Waals surface area contributed by atoms with Crippen LogP contribution in [0.3, 0.4) is 0 Å². The summed E-state index contributed by atoms with van der Waals surface area (Å²) < 4.78 is 19.9. The summed E-state index contributed by atoms with van der Waals surface area (Å²) >= 11 is 0. The van der Waals surface area contributed by atoms with Gasteiger partial charge in [0.25, 0.3) is 5.91 Å². The van der Waals surface area contributed by atoms with Gasteiger partial charge in [0.2, 0.25) is 5.89 Å². The van der Waals surface area contributed by atoms with E-state index in [1.165, 1.54) is 26.2 Å². The highest BCUT2D eigenvalue weighted by Crippen LogP contribution is 2.28. The highest BCUT2D eigenvalue weighted by Gasteiger charge is 2.27. The van der Waals surface area contributed by atoms with Gasteiger partial charge in [-0.05, 0) is 52.0 Å². The second-order valence-electron chi connectivity index (χ2n) is 8.47. The summed E-state index contributed by atoms with van der Waals surface area (Å²) in [6.07, 6.45) is 1.28. The van der Waals surface area contributed by atoms with E-state index in [4.69, 9.17) is 9.68 Å². The molecule has 1 amide bonds. The summed E-state index contributed by atoms with van der Waals surface area (Å²) in [5.41, 5.74) is 0.761. The summed E-state index contributed by atoms with van der Waals surface area (Å²) in [5.74, 6) is 0.206. The van der Waals surface area contributed by atoms with E-state index in [0.717, 1.165) is 0 Å². The Kier molecular flexibility index (Phi) is 7.09. The number of carbonyl (C=O) groups excluding carboxylic acids is 1. The predicted octanol–water partition coefficient (Wildman–Crippen LogP) is 3.93. The van der Waals surface area contributed by atoms with Crippen LogP contribution in [0.2, 0.25) is 0 Å². The Hall–Kier alpha value is -3.77. The molecule has 0 aliphatic heterocycles. The maximum absolute atomic E-state index is 14.0. The summed E-state index contributed by atoms with van der Waals surface area (Å²) in [6, 6.07) is 10.6. The van der Waals surface area contributed by atoms with Crippen molar-refractivity contribution in [2.45, 2.75) is 45.5 Å². The molecule has 9 heteroatoms. The van der Waals surface area contributed by atoms with E-state index in [2.05, 4.69) is 26.7 Å². The van der Waals surface area contributed by atoms with Crippen molar-refractivity contribution in [2.24, 2.45) is 0 Å². The molecule has 0 aliphatic carbocycles. The van der Waals surface area contributed by atoms with E-state index in [1.54, 1.807) is 30.3 Å². The SMILES string of the molecule is CC(C)Nc1cc(-c2cnc(-c3cccc(C#N)c3)o2)ncc1C(=O)NCC(F)C(C)(C)O. The predicted molar refractivity (Wildman–Crippen MR) is 122 cm³/mol. The average molecular weight is 452 g/mol. The van der Waals surface area contributed by atoms with Crippen molar-refractivity contribution in [2.75, 3.05) is 11.9 Å². The highest BCUT2D eigenvalue weighted by atomic mass is 19.1. The van der Waals surface area contributed by atoms with Gasteiger partial charge in [0.05, 0.1) is 41.2 Å². The van der Waals surface area contributed by atoms with Crippen molar-refractivity contribution in [3.8, 4) is 29.0 Å². The second-order valence-corrected chi connectivity index (χ2v) is 8.47. The number of pyridine rings is 1. The molecule has 3 rings (SSSR count). The zero-order valence-electron chi connectivity index (χ0n) is 18.9. The first kappa shape index (κ1) is 23.9. The van der Waals surface area contributed by atoms with E-state index < -0.39 is 17.7 Å². The molecule has 33 heavy (non-hydrogen) atoms. The molecule has 0 radical (unpaired) electrons. The third kappa shape index (κ3) is 5.93. The van der Waals surface area contributed by atoms with Gasteiger partial charge < -0.3 is 20.2 Å². The molecule has 3 N–H and O–H groups in total. The summed E-state index contributed by atoms with van der Waals surface area (Å²) in [6.45, 7) is 6.19. The minimum absolute atomic E-state index is 0.0103. The van der Waals surface area contributed by atoms with Gasteiger partial charge in [-0.1, -0.05) is 6.07 Å². The maximum Gasteiger partial charge on any atom is 0.255 e. The molecule has 8 nitrogen and oxygen atoms in total. The van der Waals surface area contributed by atoms with Gasteiger partial charge in [0.1, 0.15) is 11.9 Å². The van der Waals surface area contributed by atoms with Crippen molar-refractivity contribution in [1.29, 1.82) is 5.26 Å². The normalized spacial score (nSPS) is 12.3. The van der Waals surface area contributed by atoms with E-state index >= 15 is 0 Å². The fraction of sp³-hybridized carbons (Fsp3) is 0.333. The first-order valence-electron chi connectivity index (χ1n) is 10.5. The maximum atomic E-state index is 14.0. The number of hydrogen-bond donors (Lipinski definition) is 3. The molecular formula is C24H26FN5O3. The number of nitrogens with one attached hydrogen (secondary N) is 2. The molecule has 1 unspecified atom stereocenters. The number of anilines is 1. The van der Waals surface area contributed by atoms with Crippen molar-refractivity contribution in [3.05, 3.63) is 53.9 Å². The number of hydrogen-bond acceptors (Lipinski definition) is 7. The summed E-state index contributed by atoms with van der Waals surface area (Å²) in [4.78, 5) is 21.3. The smallest absolute Gasteiger partial charge is 0.255 e. The van der Waals surface area contributed by atoms with E-state index in [-0.39, 0.29) is 18.2 Å². The minimum atomic E-state index is -1.62. The molecule has 2 aromatic heterocycles. The topological polar surface area (TPSA) is 124 Å². The van der Waals surface area contributed by atoms with E-state index in [1.807, 2.05) is 13.8 Å². The van der Waals surface area contributed by atoms with Crippen LogP contribution in [0.5, 0.6) is 0 Å². The number of oxazole rings is 1. The Labute approximate surface area is 191 Å². The number of benzene rings is 1. The molecule has 0 spiro atoms. The van der Waals surface area contributed by atoms with Gasteiger partial charge in [-0.3, -0.25) is 9.78 Å². The Bertz CT molecular complexity index is 1180. The lowest BCUT2D eigenvalue weighted by atomic mass is 10.0. The Balaban J connectivity index is 1.87. The van der Waals surface area contributed by atoms with Crippen LogP contribution in [-0.4, -0.2) is 45.3 Å². The van der Waals surface area contributed by atoms with Crippen LogP contribution in [0.15, 0.2) is 47.1 Å². The molecule has 0 fully saturated rings. The molecular weight excluding hydrogens is 425 g/mol. The standard InChI is InChI=1S/C24H26FN5O3/c1-14(2)30-18-9-19(27-11-17(18)22(31)28-13-21(25)24(3,4)32)20-12-29-23(33-20)16-7-5-6-15(8-16)10-26/h5-9,11-12,14,21,32H,13H2,1-4H3,(H,27,30)(H,28,31). The number of amides is 1. The number of aromatic nitrogens is 2. The van der Waals surface area contributed by atoms with Gasteiger partial charge in [0.15, 0.2) is 5.76 Å². The average Bonchev–Trinajstić information content (AvgIpc) is 3.26. The van der Waals surface area contributed by atoms with Crippen molar-refractivity contribution in [1.82, 2.24) is 15.3 Å². The number of rotatable bonds is 8. The number of halogens is 1. The number of nitriles is 1. The fourth-order valence-corrected chi connectivity index (χ4v) is 2.98. The van der Waals surface area contributed by atoms with Crippen molar-refractivity contribution >= 4 is 11.6 Å². The van der Waals surface area contributed by atoms with Crippen LogP contribution in [-0.2, 0) is 0 Å². The molecule has 0 aliphatic rings. The van der Waals surface area contributed by atoms with Gasteiger partial charge in [-0.25, -0.2) is 9.37 Å². The molecule has 0 saturated heterocycles.